The smallest absolute Gasteiger partial charge is 0.253 e. The van der Waals surface area contributed by atoms with Crippen LogP contribution in [0.3, 0.4) is 0 Å². The Hall–Kier alpha value is -2.24. The molecule has 1 aromatic carbocycles. The van der Waals surface area contributed by atoms with Gasteiger partial charge in [-0.15, -0.1) is 0 Å². The second-order valence-corrected chi connectivity index (χ2v) is 6.30. The van der Waals surface area contributed by atoms with Crippen molar-refractivity contribution in [1.29, 1.82) is 0 Å². The number of nitrogens with zero attached hydrogens (tertiary/aromatic N) is 1. The minimum atomic E-state index is -0.0235. The number of ether oxygens (including phenoxy) is 2. The fraction of sp³-hybridized carbons (Fsp3) is 0.556. The molecular formula is C18H26N2O4. The van der Waals surface area contributed by atoms with Crippen molar-refractivity contribution in [2.75, 3.05) is 27.3 Å². The summed E-state index contributed by atoms with van der Waals surface area (Å²) in [6.07, 6.45) is 1.55. The largest absolute Gasteiger partial charge is 0.493 e. The van der Waals surface area contributed by atoms with Gasteiger partial charge in [-0.1, -0.05) is 13.8 Å². The highest BCUT2D eigenvalue weighted by atomic mass is 16.5. The first-order valence-electron chi connectivity index (χ1n) is 8.28. The van der Waals surface area contributed by atoms with Crippen LogP contribution in [0.15, 0.2) is 18.2 Å². The normalized spacial score (nSPS) is 15.3. The molecule has 1 aliphatic rings. The molecule has 0 saturated carbocycles. The van der Waals surface area contributed by atoms with Gasteiger partial charge in [-0.3, -0.25) is 9.59 Å². The summed E-state index contributed by atoms with van der Waals surface area (Å²) < 4.78 is 10.5. The van der Waals surface area contributed by atoms with Crippen molar-refractivity contribution in [3.63, 3.8) is 0 Å². The van der Waals surface area contributed by atoms with Crippen molar-refractivity contribution in [3.05, 3.63) is 23.8 Å². The van der Waals surface area contributed by atoms with E-state index in [1.54, 1.807) is 32.4 Å². The van der Waals surface area contributed by atoms with Crippen LogP contribution in [0, 0.1) is 5.92 Å². The number of likely N-dealkylation sites (tertiary alicyclic amines) is 1. The van der Waals surface area contributed by atoms with E-state index in [1.807, 2.05) is 18.7 Å². The van der Waals surface area contributed by atoms with E-state index in [2.05, 4.69) is 5.32 Å². The van der Waals surface area contributed by atoms with Crippen LogP contribution >= 0.6 is 0 Å². The Morgan fingerprint density at radius 1 is 1.12 bits per heavy atom. The maximum Gasteiger partial charge on any atom is 0.253 e. The second-order valence-electron chi connectivity index (χ2n) is 6.30. The van der Waals surface area contributed by atoms with Crippen molar-refractivity contribution in [1.82, 2.24) is 10.2 Å². The average Bonchev–Trinajstić information content (AvgIpc) is 2.61. The summed E-state index contributed by atoms with van der Waals surface area (Å²) in [5.74, 6) is 1.17. The van der Waals surface area contributed by atoms with Gasteiger partial charge in [-0.25, -0.2) is 0 Å². The van der Waals surface area contributed by atoms with Crippen molar-refractivity contribution < 1.29 is 19.1 Å². The summed E-state index contributed by atoms with van der Waals surface area (Å²) in [5, 5.41) is 3.04. The summed E-state index contributed by atoms with van der Waals surface area (Å²) in [4.78, 5) is 26.2. The number of carbonyl (C=O) groups excluding carboxylic acids is 2. The third-order valence-corrected chi connectivity index (χ3v) is 4.28. The molecule has 1 saturated heterocycles. The van der Waals surface area contributed by atoms with Gasteiger partial charge in [0, 0.05) is 30.6 Å². The van der Waals surface area contributed by atoms with Gasteiger partial charge in [0.1, 0.15) is 0 Å². The van der Waals surface area contributed by atoms with E-state index in [-0.39, 0.29) is 23.8 Å². The lowest BCUT2D eigenvalue weighted by Gasteiger charge is -2.33. The molecule has 2 rings (SSSR count). The Balaban J connectivity index is 1.96. The quantitative estimate of drug-likeness (QED) is 0.895. The highest BCUT2D eigenvalue weighted by Gasteiger charge is 2.25. The molecule has 0 bridgehead atoms. The van der Waals surface area contributed by atoms with Gasteiger partial charge in [0.25, 0.3) is 5.91 Å². The first kappa shape index (κ1) is 18.1. The SMILES string of the molecule is COc1ccc(C(=O)N2CCC(NC(=O)C(C)C)CC2)cc1OC. The Morgan fingerprint density at radius 2 is 1.75 bits per heavy atom. The van der Waals surface area contributed by atoms with Crippen LogP contribution in [0.2, 0.25) is 0 Å². The summed E-state index contributed by atoms with van der Waals surface area (Å²) in [6, 6.07) is 5.33. The van der Waals surface area contributed by atoms with E-state index in [4.69, 9.17) is 9.47 Å². The first-order chi connectivity index (χ1) is 11.5. The number of nitrogens with one attached hydrogen (secondary N) is 1. The minimum Gasteiger partial charge on any atom is -0.493 e. The van der Waals surface area contributed by atoms with E-state index in [9.17, 15) is 9.59 Å². The van der Waals surface area contributed by atoms with E-state index in [0.29, 0.717) is 30.2 Å². The molecule has 1 aliphatic heterocycles. The number of benzene rings is 1. The maximum atomic E-state index is 12.6. The van der Waals surface area contributed by atoms with Crippen LogP contribution in [0.1, 0.15) is 37.0 Å². The van der Waals surface area contributed by atoms with Crippen molar-refractivity contribution in [2.45, 2.75) is 32.7 Å². The van der Waals surface area contributed by atoms with Gasteiger partial charge < -0.3 is 19.7 Å². The summed E-state index contributed by atoms with van der Waals surface area (Å²) in [5.41, 5.74) is 0.581. The van der Waals surface area contributed by atoms with E-state index < -0.39 is 0 Å². The lowest BCUT2D eigenvalue weighted by Crippen LogP contribution is -2.47. The van der Waals surface area contributed by atoms with Gasteiger partial charge in [0.15, 0.2) is 11.5 Å². The third kappa shape index (κ3) is 4.19. The van der Waals surface area contributed by atoms with Gasteiger partial charge in [-0.05, 0) is 31.0 Å². The Kier molecular flexibility index (Phi) is 6.06. The van der Waals surface area contributed by atoms with Gasteiger partial charge in [-0.2, -0.15) is 0 Å². The first-order valence-corrected chi connectivity index (χ1v) is 8.28. The molecule has 6 heteroatoms. The predicted octanol–water partition coefficient (Wildman–Crippen LogP) is 2.08. The maximum absolute atomic E-state index is 12.6. The summed E-state index contributed by atoms with van der Waals surface area (Å²) >= 11 is 0. The zero-order chi connectivity index (χ0) is 17.7. The van der Waals surface area contributed by atoms with Crippen LogP contribution in [-0.4, -0.2) is 50.1 Å². The Bertz CT molecular complexity index is 593. The zero-order valence-electron chi connectivity index (χ0n) is 14.8. The van der Waals surface area contributed by atoms with E-state index in [0.717, 1.165) is 12.8 Å². The highest BCUT2D eigenvalue weighted by molar-refractivity contribution is 5.95. The zero-order valence-corrected chi connectivity index (χ0v) is 14.8. The van der Waals surface area contributed by atoms with E-state index in [1.165, 1.54) is 0 Å². The molecule has 1 N–H and O–H groups in total. The monoisotopic (exact) mass is 334 g/mol. The molecule has 1 heterocycles. The topological polar surface area (TPSA) is 67.9 Å². The second kappa shape index (κ2) is 8.04. The number of rotatable bonds is 5. The fourth-order valence-electron chi connectivity index (χ4n) is 2.75. The average molecular weight is 334 g/mol. The van der Waals surface area contributed by atoms with Gasteiger partial charge in [0.05, 0.1) is 14.2 Å². The molecule has 6 nitrogen and oxygen atoms in total. The molecule has 24 heavy (non-hydrogen) atoms. The number of hydrogen-bond acceptors (Lipinski definition) is 4. The van der Waals surface area contributed by atoms with Crippen molar-refractivity contribution >= 4 is 11.8 Å². The molecule has 0 radical (unpaired) electrons. The molecule has 0 aromatic heterocycles. The summed E-state index contributed by atoms with van der Waals surface area (Å²) in [6.45, 7) is 5.03. The molecule has 1 fully saturated rings. The number of carbonyl (C=O) groups is 2. The lowest BCUT2D eigenvalue weighted by molar-refractivity contribution is -0.124. The fourth-order valence-corrected chi connectivity index (χ4v) is 2.75. The van der Waals surface area contributed by atoms with Crippen LogP contribution < -0.4 is 14.8 Å². The minimum absolute atomic E-state index is 0.0172. The van der Waals surface area contributed by atoms with Crippen LogP contribution in [0.5, 0.6) is 11.5 Å². The number of hydrogen-bond donors (Lipinski definition) is 1. The predicted molar refractivity (Wildman–Crippen MR) is 91.5 cm³/mol. The molecule has 0 aliphatic carbocycles. The molecule has 0 atom stereocenters. The Labute approximate surface area is 143 Å². The molecule has 2 amide bonds. The number of piperidine rings is 1. The van der Waals surface area contributed by atoms with Crippen molar-refractivity contribution in [2.24, 2.45) is 5.92 Å². The summed E-state index contributed by atoms with van der Waals surface area (Å²) in [7, 11) is 3.12. The number of amides is 2. The van der Waals surface area contributed by atoms with Gasteiger partial charge in [0.2, 0.25) is 5.91 Å². The van der Waals surface area contributed by atoms with E-state index >= 15 is 0 Å². The molecule has 0 spiro atoms. The molecular weight excluding hydrogens is 308 g/mol. The van der Waals surface area contributed by atoms with Crippen molar-refractivity contribution in [3.8, 4) is 11.5 Å². The molecule has 132 valence electrons. The standard InChI is InChI=1S/C18H26N2O4/c1-12(2)17(21)19-14-7-9-20(10-8-14)18(22)13-5-6-15(23-3)16(11-13)24-4/h5-6,11-12,14H,7-10H2,1-4H3,(H,19,21). The van der Waals surface area contributed by atoms with Crippen LogP contribution in [0.4, 0.5) is 0 Å². The molecule has 1 aromatic rings. The Morgan fingerprint density at radius 3 is 2.29 bits per heavy atom. The highest BCUT2D eigenvalue weighted by Crippen LogP contribution is 2.28. The lowest BCUT2D eigenvalue weighted by atomic mass is 10.0. The van der Waals surface area contributed by atoms with Crippen LogP contribution in [0.25, 0.3) is 0 Å². The van der Waals surface area contributed by atoms with Gasteiger partial charge >= 0.3 is 0 Å². The third-order valence-electron chi connectivity index (χ3n) is 4.28. The van der Waals surface area contributed by atoms with Crippen LogP contribution in [-0.2, 0) is 4.79 Å². The molecule has 0 unspecified atom stereocenters. The number of methoxy groups -OCH3 is 2.